The van der Waals surface area contributed by atoms with E-state index in [0.29, 0.717) is 44.9 Å². The van der Waals surface area contributed by atoms with Crippen molar-refractivity contribution in [2.24, 2.45) is 0 Å². The number of carbonyl (C=O) groups is 4. The molecule has 2 N–H and O–H groups in total. The van der Waals surface area contributed by atoms with Crippen molar-refractivity contribution in [2.45, 2.75) is 72.1 Å². The molecule has 3 amide bonds. The number of amides is 3. The van der Waals surface area contributed by atoms with Gasteiger partial charge in [-0.1, -0.05) is 19.9 Å². The molecule has 0 spiro atoms. The minimum absolute atomic E-state index is 0.201. The quantitative estimate of drug-likeness (QED) is 0.267. The summed E-state index contributed by atoms with van der Waals surface area (Å²) >= 11 is 0. The largest absolute Gasteiger partial charge is 0.460 e. The van der Waals surface area contributed by atoms with Crippen molar-refractivity contribution in [3.05, 3.63) is 29.3 Å². The molecule has 0 aliphatic carbocycles. The number of carbonyl (C=O) groups excluding carboxylic acids is 4. The summed E-state index contributed by atoms with van der Waals surface area (Å²) in [5.41, 5.74) is 1.72. The van der Waals surface area contributed by atoms with Crippen molar-refractivity contribution in [3.8, 4) is 0 Å². The van der Waals surface area contributed by atoms with Crippen LogP contribution in [0, 0.1) is 0 Å². The lowest BCUT2D eigenvalue weighted by Gasteiger charge is -2.29. The zero-order valence-corrected chi connectivity index (χ0v) is 22.0. The first-order valence-corrected chi connectivity index (χ1v) is 12.5. The van der Waals surface area contributed by atoms with Gasteiger partial charge in [0.2, 0.25) is 11.8 Å². The highest BCUT2D eigenvalue weighted by molar-refractivity contribution is 6.06. The zero-order chi connectivity index (χ0) is 26.7. The van der Waals surface area contributed by atoms with Crippen LogP contribution in [0.3, 0.4) is 0 Å². The number of imide groups is 1. The summed E-state index contributed by atoms with van der Waals surface area (Å²) in [6.07, 6.45) is 0.761. The maximum atomic E-state index is 12.9. The monoisotopic (exact) mass is 505 g/mol. The van der Waals surface area contributed by atoms with Crippen LogP contribution >= 0.6 is 0 Å². The minimum Gasteiger partial charge on any atom is -0.460 e. The molecule has 2 aliphatic rings. The highest BCUT2D eigenvalue weighted by atomic mass is 16.6. The van der Waals surface area contributed by atoms with Gasteiger partial charge < -0.3 is 24.4 Å². The van der Waals surface area contributed by atoms with Gasteiger partial charge in [0.05, 0.1) is 32.8 Å². The van der Waals surface area contributed by atoms with E-state index in [1.54, 1.807) is 12.1 Å². The SMILES string of the molecule is CC.CC(C)(C)OC(=O)CCOCCOCCNc1cccc2c1CN(C1CCC(=O)NC1=O)C2=O. The number of hydrogen-bond donors (Lipinski definition) is 2. The van der Waals surface area contributed by atoms with E-state index in [0.717, 1.165) is 11.3 Å². The topological polar surface area (TPSA) is 123 Å². The van der Waals surface area contributed by atoms with Crippen molar-refractivity contribution in [1.29, 1.82) is 0 Å². The molecule has 1 saturated heterocycles. The van der Waals surface area contributed by atoms with Crippen LogP contribution in [-0.2, 0) is 35.1 Å². The third-order valence-corrected chi connectivity index (χ3v) is 5.39. The standard InChI is InChI=1S/C24H33N3O7.C2H6/c1-24(2,3)34-21(29)9-11-32-13-14-33-12-10-25-18-6-4-5-16-17(18)15-27(23(16)31)19-7-8-20(28)26-22(19)30;1-2/h4-6,19,25H,7-15H2,1-3H3,(H,26,28,30);1-2H3. The molecular weight excluding hydrogens is 466 g/mol. The van der Waals surface area contributed by atoms with Crippen LogP contribution in [0.1, 0.15) is 69.8 Å². The predicted octanol–water partition coefficient (Wildman–Crippen LogP) is 2.65. The molecule has 10 heteroatoms. The molecule has 0 bridgehead atoms. The maximum absolute atomic E-state index is 12.9. The Balaban J connectivity index is 0.00000222. The lowest BCUT2D eigenvalue weighted by molar-refractivity contribution is -0.156. The number of fused-ring (bicyclic) bond motifs is 1. The van der Waals surface area contributed by atoms with E-state index < -0.39 is 17.6 Å². The van der Waals surface area contributed by atoms with Gasteiger partial charge in [-0.15, -0.1) is 0 Å². The van der Waals surface area contributed by atoms with Gasteiger partial charge in [-0.2, -0.15) is 0 Å². The zero-order valence-electron chi connectivity index (χ0n) is 22.0. The summed E-state index contributed by atoms with van der Waals surface area (Å²) in [5, 5.41) is 5.60. The average molecular weight is 506 g/mol. The number of nitrogens with one attached hydrogen (secondary N) is 2. The first-order chi connectivity index (χ1) is 17.2. The van der Waals surface area contributed by atoms with Crippen molar-refractivity contribution in [3.63, 3.8) is 0 Å². The van der Waals surface area contributed by atoms with Crippen LogP contribution < -0.4 is 10.6 Å². The number of ether oxygens (including phenoxy) is 3. The number of piperidine rings is 1. The van der Waals surface area contributed by atoms with Crippen LogP contribution in [-0.4, -0.2) is 73.2 Å². The van der Waals surface area contributed by atoms with Gasteiger partial charge in [0.15, 0.2) is 0 Å². The van der Waals surface area contributed by atoms with E-state index >= 15 is 0 Å². The second kappa shape index (κ2) is 13.9. The predicted molar refractivity (Wildman–Crippen MR) is 134 cm³/mol. The molecule has 10 nitrogen and oxygen atoms in total. The van der Waals surface area contributed by atoms with Crippen molar-refractivity contribution < 1.29 is 33.4 Å². The van der Waals surface area contributed by atoms with Crippen LogP contribution in [0.4, 0.5) is 5.69 Å². The summed E-state index contributed by atoms with van der Waals surface area (Å²) in [6.45, 7) is 11.8. The summed E-state index contributed by atoms with van der Waals surface area (Å²) < 4.78 is 16.2. The first kappa shape index (κ1) is 29.3. The lowest BCUT2D eigenvalue weighted by Crippen LogP contribution is -2.52. The summed E-state index contributed by atoms with van der Waals surface area (Å²) in [6, 6.07) is 4.80. The molecule has 0 saturated carbocycles. The van der Waals surface area contributed by atoms with Crippen LogP contribution in [0.25, 0.3) is 0 Å². The van der Waals surface area contributed by atoms with Gasteiger partial charge in [-0.3, -0.25) is 24.5 Å². The van der Waals surface area contributed by atoms with Gasteiger partial charge in [-0.25, -0.2) is 0 Å². The van der Waals surface area contributed by atoms with Crippen molar-refractivity contribution in [1.82, 2.24) is 10.2 Å². The lowest BCUT2D eigenvalue weighted by atomic mass is 10.0. The van der Waals surface area contributed by atoms with Crippen molar-refractivity contribution >= 4 is 29.4 Å². The maximum Gasteiger partial charge on any atom is 0.308 e. The second-order valence-corrected chi connectivity index (χ2v) is 9.22. The van der Waals surface area contributed by atoms with Gasteiger partial charge in [0, 0.05) is 36.3 Å². The first-order valence-electron chi connectivity index (χ1n) is 12.5. The Morgan fingerprint density at radius 3 is 2.44 bits per heavy atom. The summed E-state index contributed by atoms with van der Waals surface area (Å²) in [7, 11) is 0. The van der Waals surface area contributed by atoms with E-state index in [-0.39, 0.29) is 37.2 Å². The fraction of sp³-hybridized carbons (Fsp3) is 0.615. The highest BCUT2D eigenvalue weighted by Gasteiger charge is 2.39. The van der Waals surface area contributed by atoms with E-state index in [1.165, 1.54) is 4.90 Å². The second-order valence-electron chi connectivity index (χ2n) is 9.22. The number of nitrogens with zero attached hydrogens (tertiary/aromatic N) is 1. The van der Waals surface area contributed by atoms with E-state index in [2.05, 4.69) is 10.6 Å². The Morgan fingerprint density at radius 2 is 1.78 bits per heavy atom. The Kier molecular flexibility index (Phi) is 11.3. The molecule has 1 unspecified atom stereocenters. The third-order valence-electron chi connectivity index (χ3n) is 5.39. The van der Waals surface area contributed by atoms with E-state index in [1.807, 2.05) is 40.7 Å². The van der Waals surface area contributed by atoms with Gasteiger partial charge in [0.25, 0.3) is 5.91 Å². The number of hydrogen-bond acceptors (Lipinski definition) is 8. The molecule has 36 heavy (non-hydrogen) atoms. The molecular formula is C26H39N3O7. The van der Waals surface area contributed by atoms with Crippen molar-refractivity contribution in [2.75, 3.05) is 38.3 Å². The normalized spacial score (nSPS) is 17.2. The molecule has 2 aliphatic heterocycles. The molecule has 2 heterocycles. The Bertz CT molecular complexity index is 927. The number of rotatable bonds is 11. The molecule has 200 valence electrons. The fourth-order valence-corrected chi connectivity index (χ4v) is 3.88. The Labute approximate surface area is 213 Å². The van der Waals surface area contributed by atoms with Gasteiger partial charge in [-0.05, 0) is 39.3 Å². The Hall–Kier alpha value is -2.98. The molecule has 1 fully saturated rings. The van der Waals surface area contributed by atoms with E-state index in [4.69, 9.17) is 14.2 Å². The minimum atomic E-state index is -0.635. The number of benzene rings is 1. The molecule has 1 atom stereocenters. The molecule has 3 rings (SSSR count). The average Bonchev–Trinajstić information content (AvgIpc) is 3.15. The Morgan fingerprint density at radius 1 is 1.08 bits per heavy atom. The fourth-order valence-electron chi connectivity index (χ4n) is 3.88. The molecule has 1 aromatic carbocycles. The third kappa shape index (κ3) is 8.60. The number of esters is 1. The summed E-state index contributed by atoms with van der Waals surface area (Å²) in [5.74, 6) is -1.22. The molecule has 0 radical (unpaired) electrons. The number of anilines is 1. The smallest absolute Gasteiger partial charge is 0.308 e. The van der Waals surface area contributed by atoms with Gasteiger partial charge >= 0.3 is 5.97 Å². The van der Waals surface area contributed by atoms with E-state index in [9.17, 15) is 19.2 Å². The summed E-state index contributed by atoms with van der Waals surface area (Å²) in [4.78, 5) is 49.6. The van der Waals surface area contributed by atoms with Crippen LogP contribution in [0.15, 0.2) is 18.2 Å². The van der Waals surface area contributed by atoms with Crippen LogP contribution in [0.5, 0.6) is 0 Å². The molecule has 0 aromatic heterocycles. The van der Waals surface area contributed by atoms with Crippen LogP contribution in [0.2, 0.25) is 0 Å². The van der Waals surface area contributed by atoms with Gasteiger partial charge in [0.1, 0.15) is 11.6 Å². The highest BCUT2D eigenvalue weighted by Crippen LogP contribution is 2.32. The molecule has 1 aromatic rings.